The van der Waals surface area contributed by atoms with Gasteiger partial charge in [0.1, 0.15) is 30.5 Å². The highest BCUT2D eigenvalue weighted by molar-refractivity contribution is 5.94. The quantitative estimate of drug-likeness (QED) is 0.0671. The fourth-order valence-electron chi connectivity index (χ4n) is 5.46. The van der Waals surface area contributed by atoms with Gasteiger partial charge in [-0.3, -0.25) is 4.79 Å². The molecule has 1 saturated heterocycles. The number of aliphatic hydroxyl groups excluding tert-OH is 5. The number of hydrogen-bond donors (Lipinski definition) is 7. The van der Waals surface area contributed by atoms with Crippen molar-refractivity contribution in [1.82, 2.24) is 10.6 Å². The fourth-order valence-corrected chi connectivity index (χ4v) is 5.46. The highest BCUT2D eigenvalue weighted by Crippen LogP contribution is 2.23. The number of hydrogen-bond acceptors (Lipinski definition) is 9. The molecule has 1 aliphatic rings. The van der Waals surface area contributed by atoms with E-state index in [4.69, 9.17) is 9.47 Å². The molecule has 1 aliphatic heterocycles. The molecule has 8 atom stereocenters. The molecule has 61 heavy (non-hydrogen) atoms. The summed E-state index contributed by atoms with van der Waals surface area (Å²) in [5, 5.41) is 58.4. The summed E-state index contributed by atoms with van der Waals surface area (Å²) in [5.74, 6) is 58.7. The van der Waals surface area contributed by atoms with Crippen molar-refractivity contribution in [1.29, 1.82) is 0 Å². The summed E-state index contributed by atoms with van der Waals surface area (Å²) in [6.07, 6.45) is 4.56. The molecule has 1 heterocycles. The van der Waals surface area contributed by atoms with Crippen LogP contribution in [0.4, 0.5) is 0 Å². The van der Waals surface area contributed by atoms with Crippen molar-refractivity contribution < 1.29 is 39.8 Å². The fraction of sp³-hybridized carbons (Fsp3) is 0.510. The Bertz CT molecular complexity index is 2160. The minimum Gasteiger partial charge on any atom is -0.390 e. The van der Waals surface area contributed by atoms with E-state index in [2.05, 4.69) is 160 Å². The average Bonchev–Trinajstić information content (AvgIpc) is 3.25. The molecule has 1 fully saturated rings. The van der Waals surface area contributed by atoms with Crippen molar-refractivity contribution >= 4 is 5.91 Å². The van der Waals surface area contributed by atoms with E-state index in [1.807, 2.05) is 0 Å². The predicted octanol–water partition coefficient (Wildman–Crippen LogP) is 1.39. The van der Waals surface area contributed by atoms with Gasteiger partial charge in [0, 0.05) is 48.0 Å². The lowest BCUT2D eigenvalue weighted by molar-refractivity contribution is -0.297. The van der Waals surface area contributed by atoms with E-state index < -0.39 is 61.5 Å². The van der Waals surface area contributed by atoms with Crippen LogP contribution < -0.4 is 10.6 Å². The maximum Gasteiger partial charge on any atom is 0.297 e. The minimum absolute atomic E-state index is 0.152. The molecule has 0 aliphatic carbocycles. The number of unbranched alkanes of at least 4 members (excludes halogenated alkanes) is 11. The smallest absolute Gasteiger partial charge is 0.297 e. The lowest BCUT2D eigenvalue weighted by atomic mass is 9.98. The number of nitrogens with one attached hydrogen (secondary N) is 2. The Balaban J connectivity index is 2.76. The minimum atomic E-state index is -1.62. The Morgan fingerprint density at radius 3 is 1.43 bits per heavy atom. The van der Waals surface area contributed by atoms with Crippen LogP contribution in [-0.2, 0) is 14.3 Å². The molecule has 0 aromatic heterocycles. The number of ether oxygens (including phenoxy) is 2. The van der Waals surface area contributed by atoms with Crippen molar-refractivity contribution in [3.05, 3.63) is 0 Å². The van der Waals surface area contributed by atoms with E-state index in [9.17, 15) is 30.3 Å². The molecule has 10 heteroatoms. The van der Waals surface area contributed by atoms with Gasteiger partial charge in [-0.15, -0.1) is 0 Å². The monoisotopic (exact) mass is 822 g/mol. The number of likely N-dealkylation sites (N-methyl/N-ethyl adjacent to an activating group) is 1. The van der Waals surface area contributed by atoms with Crippen LogP contribution in [0.3, 0.4) is 0 Å². The first kappa shape index (κ1) is 52.9. The summed E-state index contributed by atoms with van der Waals surface area (Å²) < 4.78 is 11.3. The van der Waals surface area contributed by atoms with Gasteiger partial charge in [0.15, 0.2) is 6.29 Å². The van der Waals surface area contributed by atoms with Crippen molar-refractivity contribution in [3.63, 3.8) is 0 Å². The van der Waals surface area contributed by atoms with E-state index in [1.165, 1.54) is 51.4 Å². The summed E-state index contributed by atoms with van der Waals surface area (Å²) in [6, 6.07) is -1.19. The molecular formula is C51H54N2O8. The van der Waals surface area contributed by atoms with Gasteiger partial charge in [-0.05, 0) is 115 Å². The first-order valence-electron chi connectivity index (χ1n) is 20.3. The normalized spacial score (nSPS) is 17.7. The van der Waals surface area contributed by atoms with E-state index in [-0.39, 0.29) is 13.0 Å². The van der Waals surface area contributed by atoms with Crippen molar-refractivity contribution in [3.8, 4) is 142 Å². The van der Waals surface area contributed by atoms with E-state index >= 15 is 0 Å². The second-order valence-corrected chi connectivity index (χ2v) is 13.3. The Labute approximate surface area is 363 Å². The zero-order chi connectivity index (χ0) is 44.6. The van der Waals surface area contributed by atoms with Crippen LogP contribution in [0.5, 0.6) is 0 Å². The van der Waals surface area contributed by atoms with E-state index in [0.717, 1.165) is 19.3 Å². The summed E-state index contributed by atoms with van der Waals surface area (Å²) in [4.78, 5) is 12.7. The number of carbonyl (C=O) groups is 1. The van der Waals surface area contributed by atoms with Gasteiger partial charge >= 0.3 is 0 Å². The lowest BCUT2D eigenvalue weighted by Crippen LogP contribution is -2.61. The molecule has 1 amide bonds. The van der Waals surface area contributed by atoms with Gasteiger partial charge in [0.2, 0.25) is 0 Å². The first-order chi connectivity index (χ1) is 29.8. The maximum absolute atomic E-state index is 12.7. The number of amides is 1. The Morgan fingerprint density at radius 2 is 1.00 bits per heavy atom. The molecule has 316 valence electrons. The molecule has 0 saturated carbocycles. The van der Waals surface area contributed by atoms with Gasteiger partial charge in [0.25, 0.3) is 5.91 Å². The van der Waals surface area contributed by atoms with E-state index in [0.29, 0.717) is 6.42 Å². The van der Waals surface area contributed by atoms with Crippen LogP contribution >= 0.6 is 0 Å². The maximum atomic E-state index is 12.7. The molecule has 0 aromatic carbocycles. The van der Waals surface area contributed by atoms with Crippen LogP contribution in [-0.4, -0.2) is 101 Å². The largest absolute Gasteiger partial charge is 0.390 e. The zero-order valence-electron chi connectivity index (χ0n) is 35.2. The topological polar surface area (TPSA) is 161 Å². The van der Waals surface area contributed by atoms with Crippen LogP contribution in [0.2, 0.25) is 0 Å². The summed E-state index contributed by atoms with van der Waals surface area (Å²) in [7, 11) is 1.63. The van der Waals surface area contributed by atoms with E-state index in [1.54, 1.807) is 14.0 Å². The van der Waals surface area contributed by atoms with Crippen LogP contribution in [0.1, 0.15) is 97.3 Å². The van der Waals surface area contributed by atoms with Gasteiger partial charge in [0.05, 0.1) is 18.8 Å². The Hall–Kier alpha value is -6.13. The number of aliphatic hydroxyl groups is 5. The highest BCUT2D eigenvalue weighted by atomic mass is 16.7. The number of carbonyl (C=O) groups excluding carboxylic acids is 1. The predicted molar refractivity (Wildman–Crippen MR) is 235 cm³/mol. The third kappa shape index (κ3) is 27.3. The SMILES string of the molecule is CC#CC#CC#CC#CC#CC#CC#CC#CC#CC#CC#CC#CC(=O)N[C@@H](COC1OC(CNC)C(O)C(O)C1O)[C@H](O)[C@H](O)CCCCCCCCCCCCCC. The number of rotatable bonds is 21. The molecule has 0 bridgehead atoms. The summed E-state index contributed by atoms with van der Waals surface area (Å²) >= 11 is 0. The van der Waals surface area contributed by atoms with Crippen LogP contribution in [0.15, 0.2) is 0 Å². The van der Waals surface area contributed by atoms with Gasteiger partial charge < -0.3 is 45.6 Å². The van der Waals surface area contributed by atoms with Crippen LogP contribution in [0.25, 0.3) is 0 Å². The lowest BCUT2D eigenvalue weighted by Gasteiger charge is -2.41. The van der Waals surface area contributed by atoms with Crippen molar-refractivity contribution in [2.24, 2.45) is 0 Å². The summed E-state index contributed by atoms with van der Waals surface area (Å²) in [6.45, 7) is 3.62. The first-order valence-corrected chi connectivity index (χ1v) is 20.3. The molecule has 1 rings (SSSR count). The highest BCUT2D eigenvalue weighted by Gasteiger charge is 2.44. The zero-order valence-corrected chi connectivity index (χ0v) is 35.2. The van der Waals surface area contributed by atoms with Gasteiger partial charge in [-0.2, -0.15) is 0 Å². The Kier molecular flexibility index (Phi) is 32.0. The molecule has 5 unspecified atom stereocenters. The van der Waals surface area contributed by atoms with Crippen molar-refractivity contribution in [2.75, 3.05) is 20.2 Å². The molecule has 10 nitrogen and oxygen atoms in total. The summed E-state index contributed by atoms with van der Waals surface area (Å²) in [5.41, 5.74) is 0. The second-order valence-electron chi connectivity index (χ2n) is 13.3. The van der Waals surface area contributed by atoms with Gasteiger partial charge in [-0.1, -0.05) is 89.9 Å². The van der Waals surface area contributed by atoms with Gasteiger partial charge in [-0.25, -0.2) is 0 Å². The van der Waals surface area contributed by atoms with Crippen LogP contribution in [0, 0.1) is 142 Å². The third-order valence-electron chi connectivity index (χ3n) is 8.60. The second kappa shape index (κ2) is 36.9. The standard InChI is InChI=1S/C51H54N2O8/c1-4-6-8-10-12-14-16-18-19-20-21-22-23-24-25-26-27-28-30-32-34-36-38-40-46(55)53-43(42-60-51-50(59)49(58)48(57)45(61-51)41-52-3)47(56)44(54)39-37-35-33-31-29-17-15-13-11-9-7-5-2/h43-45,47-52,54,56-59H,5,7,9,11,13,15,17,29,31,33,35,37,39,41-42H2,1-3H3,(H,53,55)/t43-,44+,45?,47-,48?,49?,50?,51?/m0/s1. The molecular weight excluding hydrogens is 769 g/mol. The average molecular weight is 823 g/mol. The Morgan fingerprint density at radius 1 is 0.590 bits per heavy atom. The third-order valence-corrected chi connectivity index (χ3v) is 8.60. The molecule has 0 spiro atoms. The molecule has 7 N–H and O–H groups in total. The molecule has 0 aromatic rings. The molecule has 0 radical (unpaired) electrons. The van der Waals surface area contributed by atoms with Crippen molar-refractivity contribution in [2.45, 2.75) is 146 Å².